The number of amides is 2. The first-order valence-electron chi connectivity index (χ1n) is 10.0. The lowest BCUT2D eigenvalue weighted by molar-refractivity contribution is -0.121. The van der Waals surface area contributed by atoms with Crippen molar-refractivity contribution in [2.45, 2.75) is 77.4 Å². The number of hydrogen-bond donors (Lipinski definition) is 4. The number of alkyl carbamates (subject to hydrolysis) is 1. The fraction of sp³-hybridized carbons (Fsp3) is 0.842. The molecule has 4 N–H and O–H groups in total. The number of ether oxygens (including phenoxy) is 1. The standard InChI is InChI=1S/C19H37N5O3/c1-19(2,3)27-18(26)23-13-8-12-21-17(20-4)22-14-11-16(25)24-15-9-6-5-7-10-15/h15H,5-14H2,1-4H3,(H,23,26)(H,24,25)(H2,20,21,22). The van der Waals surface area contributed by atoms with Crippen molar-refractivity contribution >= 4 is 18.0 Å². The largest absolute Gasteiger partial charge is 0.444 e. The van der Waals surface area contributed by atoms with E-state index in [9.17, 15) is 9.59 Å². The van der Waals surface area contributed by atoms with Crippen LogP contribution in [-0.4, -0.2) is 56.3 Å². The zero-order valence-electron chi connectivity index (χ0n) is 17.3. The van der Waals surface area contributed by atoms with Gasteiger partial charge >= 0.3 is 6.09 Å². The van der Waals surface area contributed by atoms with Gasteiger partial charge in [0.2, 0.25) is 5.91 Å². The van der Waals surface area contributed by atoms with Crippen LogP contribution in [-0.2, 0) is 9.53 Å². The Morgan fingerprint density at radius 3 is 2.26 bits per heavy atom. The highest BCUT2D eigenvalue weighted by Crippen LogP contribution is 2.17. The van der Waals surface area contributed by atoms with Crippen molar-refractivity contribution < 1.29 is 14.3 Å². The van der Waals surface area contributed by atoms with E-state index >= 15 is 0 Å². The van der Waals surface area contributed by atoms with Crippen LogP contribution in [0.4, 0.5) is 4.79 Å². The Bertz CT molecular complexity index is 482. The minimum Gasteiger partial charge on any atom is -0.444 e. The second kappa shape index (κ2) is 12.4. The van der Waals surface area contributed by atoms with Gasteiger partial charge in [-0.15, -0.1) is 0 Å². The van der Waals surface area contributed by atoms with E-state index in [4.69, 9.17) is 4.74 Å². The summed E-state index contributed by atoms with van der Waals surface area (Å²) < 4.78 is 5.17. The fourth-order valence-electron chi connectivity index (χ4n) is 2.86. The van der Waals surface area contributed by atoms with Gasteiger partial charge in [-0.3, -0.25) is 9.79 Å². The van der Waals surface area contributed by atoms with Gasteiger partial charge in [-0.1, -0.05) is 19.3 Å². The summed E-state index contributed by atoms with van der Waals surface area (Å²) in [6.07, 6.45) is 6.65. The van der Waals surface area contributed by atoms with Crippen molar-refractivity contribution in [3.8, 4) is 0 Å². The average Bonchev–Trinajstić information content (AvgIpc) is 2.59. The van der Waals surface area contributed by atoms with E-state index in [1.807, 2.05) is 20.8 Å². The lowest BCUT2D eigenvalue weighted by atomic mass is 9.95. The van der Waals surface area contributed by atoms with Crippen LogP contribution in [0.2, 0.25) is 0 Å². The molecule has 1 rings (SSSR count). The first kappa shape index (κ1) is 23.0. The molecule has 0 unspecified atom stereocenters. The molecule has 0 radical (unpaired) electrons. The summed E-state index contributed by atoms with van der Waals surface area (Å²) in [5, 5.41) is 12.1. The van der Waals surface area contributed by atoms with Crippen molar-refractivity contribution in [3.05, 3.63) is 0 Å². The first-order chi connectivity index (χ1) is 12.8. The summed E-state index contributed by atoms with van der Waals surface area (Å²) in [5.41, 5.74) is -0.489. The van der Waals surface area contributed by atoms with Crippen LogP contribution in [0, 0.1) is 0 Å². The second-order valence-electron chi connectivity index (χ2n) is 7.86. The molecule has 27 heavy (non-hydrogen) atoms. The molecule has 0 saturated heterocycles. The lowest BCUT2D eigenvalue weighted by Crippen LogP contribution is -2.42. The monoisotopic (exact) mass is 383 g/mol. The molecule has 8 heteroatoms. The molecule has 0 atom stereocenters. The minimum absolute atomic E-state index is 0.0893. The number of nitrogens with zero attached hydrogens (tertiary/aromatic N) is 1. The molecule has 1 aliphatic carbocycles. The van der Waals surface area contributed by atoms with Crippen LogP contribution in [0.3, 0.4) is 0 Å². The van der Waals surface area contributed by atoms with Crippen molar-refractivity contribution in [1.29, 1.82) is 0 Å². The maximum atomic E-state index is 12.0. The third kappa shape index (κ3) is 12.1. The number of rotatable bonds is 8. The predicted molar refractivity (Wildman–Crippen MR) is 108 cm³/mol. The summed E-state index contributed by atoms with van der Waals surface area (Å²) in [6, 6.07) is 0.348. The highest BCUT2D eigenvalue weighted by Gasteiger charge is 2.16. The molecule has 1 aliphatic rings. The summed E-state index contributed by atoms with van der Waals surface area (Å²) in [4.78, 5) is 27.6. The average molecular weight is 384 g/mol. The van der Waals surface area contributed by atoms with Crippen LogP contribution in [0.5, 0.6) is 0 Å². The predicted octanol–water partition coefficient (Wildman–Crippen LogP) is 1.91. The number of aliphatic imine (C=N–C) groups is 1. The zero-order chi connectivity index (χ0) is 20.1. The summed E-state index contributed by atoms with van der Waals surface area (Å²) >= 11 is 0. The molecule has 0 heterocycles. The van der Waals surface area contributed by atoms with Gasteiger partial charge in [-0.25, -0.2) is 4.79 Å². The Balaban J connectivity index is 2.07. The number of carbonyl (C=O) groups is 2. The Labute approximate surface area is 163 Å². The SMILES string of the molecule is CN=C(NCCCNC(=O)OC(C)(C)C)NCCC(=O)NC1CCCCC1. The highest BCUT2D eigenvalue weighted by atomic mass is 16.6. The van der Waals surface area contributed by atoms with Gasteiger partial charge in [0.25, 0.3) is 0 Å². The van der Waals surface area contributed by atoms with Crippen LogP contribution in [0.1, 0.15) is 65.7 Å². The summed E-state index contributed by atoms with van der Waals surface area (Å²) in [5.74, 6) is 0.740. The third-order valence-corrected chi connectivity index (χ3v) is 4.15. The number of hydrogen-bond acceptors (Lipinski definition) is 4. The Morgan fingerprint density at radius 1 is 1.00 bits per heavy atom. The quantitative estimate of drug-likeness (QED) is 0.291. The van der Waals surface area contributed by atoms with Crippen LogP contribution >= 0.6 is 0 Å². The summed E-state index contributed by atoms with van der Waals surface area (Å²) in [7, 11) is 1.69. The van der Waals surface area contributed by atoms with E-state index in [0.717, 1.165) is 19.3 Å². The molecule has 2 amide bonds. The third-order valence-electron chi connectivity index (χ3n) is 4.15. The van der Waals surface area contributed by atoms with E-state index in [-0.39, 0.29) is 5.91 Å². The highest BCUT2D eigenvalue weighted by molar-refractivity contribution is 5.81. The minimum atomic E-state index is -0.489. The van der Waals surface area contributed by atoms with Crippen LogP contribution in [0.15, 0.2) is 4.99 Å². The van der Waals surface area contributed by atoms with Crippen molar-refractivity contribution in [2.24, 2.45) is 4.99 Å². The molecular formula is C19H37N5O3. The number of carbonyl (C=O) groups excluding carboxylic acids is 2. The maximum absolute atomic E-state index is 12.0. The van der Waals surface area contributed by atoms with Crippen molar-refractivity contribution in [1.82, 2.24) is 21.3 Å². The van der Waals surface area contributed by atoms with Gasteiger partial charge in [0.1, 0.15) is 5.60 Å². The van der Waals surface area contributed by atoms with E-state index in [2.05, 4.69) is 26.3 Å². The van der Waals surface area contributed by atoms with E-state index in [1.54, 1.807) is 7.05 Å². The van der Waals surface area contributed by atoms with Gasteiger partial charge in [0.05, 0.1) is 0 Å². The van der Waals surface area contributed by atoms with E-state index in [1.165, 1.54) is 19.3 Å². The number of guanidine groups is 1. The van der Waals surface area contributed by atoms with Crippen LogP contribution < -0.4 is 21.3 Å². The fourth-order valence-corrected chi connectivity index (χ4v) is 2.86. The van der Waals surface area contributed by atoms with Gasteiger partial charge in [0.15, 0.2) is 5.96 Å². The Kier molecular flexibility index (Phi) is 10.6. The molecule has 8 nitrogen and oxygen atoms in total. The van der Waals surface area contributed by atoms with E-state index < -0.39 is 11.7 Å². The Morgan fingerprint density at radius 2 is 1.63 bits per heavy atom. The molecule has 0 aliphatic heterocycles. The smallest absolute Gasteiger partial charge is 0.407 e. The van der Waals surface area contributed by atoms with Gasteiger partial charge in [-0.05, 0) is 40.0 Å². The van der Waals surface area contributed by atoms with Crippen molar-refractivity contribution in [2.75, 3.05) is 26.7 Å². The van der Waals surface area contributed by atoms with Gasteiger partial charge in [-0.2, -0.15) is 0 Å². The topological polar surface area (TPSA) is 104 Å². The molecule has 0 aromatic rings. The maximum Gasteiger partial charge on any atom is 0.407 e. The van der Waals surface area contributed by atoms with Gasteiger partial charge < -0.3 is 26.0 Å². The molecule has 0 aromatic heterocycles. The molecular weight excluding hydrogens is 346 g/mol. The van der Waals surface area contributed by atoms with E-state index in [0.29, 0.717) is 38.1 Å². The van der Waals surface area contributed by atoms with Crippen LogP contribution in [0.25, 0.3) is 0 Å². The molecule has 0 aromatic carbocycles. The Hall–Kier alpha value is -1.99. The zero-order valence-corrected chi connectivity index (χ0v) is 17.3. The summed E-state index contributed by atoms with van der Waals surface area (Å²) in [6.45, 7) is 7.21. The lowest BCUT2D eigenvalue weighted by Gasteiger charge is -2.22. The molecule has 1 saturated carbocycles. The second-order valence-corrected chi connectivity index (χ2v) is 7.86. The number of nitrogens with one attached hydrogen (secondary N) is 4. The normalized spacial score (nSPS) is 15.8. The molecule has 156 valence electrons. The van der Waals surface area contributed by atoms with Crippen molar-refractivity contribution in [3.63, 3.8) is 0 Å². The molecule has 0 bridgehead atoms. The first-order valence-corrected chi connectivity index (χ1v) is 10.0. The molecule has 0 spiro atoms. The van der Waals surface area contributed by atoms with Gasteiger partial charge in [0, 0.05) is 39.1 Å². The molecule has 1 fully saturated rings.